The Hall–Kier alpha value is -3.24. The van der Waals surface area contributed by atoms with E-state index >= 15 is 0 Å². The van der Waals surface area contributed by atoms with Crippen LogP contribution in [0.5, 0.6) is 0 Å². The van der Waals surface area contributed by atoms with E-state index in [1.807, 2.05) is 0 Å². The number of nitrogens with zero attached hydrogens (tertiary/aromatic N) is 3. The predicted octanol–water partition coefficient (Wildman–Crippen LogP) is 5.46. The van der Waals surface area contributed by atoms with Crippen molar-refractivity contribution in [2.75, 3.05) is 0 Å². The zero-order valence-corrected chi connectivity index (χ0v) is 19.0. The van der Waals surface area contributed by atoms with Gasteiger partial charge in [0, 0.05) is 17.7 Å². The summed E-state index contributed by atoms with van der Waals surface area (Å²) in [5.74, 6) is -3.24. The molecule has 2 aromatic carbocycles. The lowest BCUT2D eigenvalue weighted by atomic mass is 10.1. The third-order valence-corrected chi connectivity index (χ3v) is 7.62. The highest BCUT2D eigenvalue weighted by atomic mass is 35.5. The van der Waals surface area contributed by atoms with Crippen molar-refractivity contribution in [1.29, 1.82) is 0 Å². The van der Waals surface area contributed by atoms with Gasteiger partial charge in [-0.2, -0.15) is 0 Å². The van der Waals surface area contributed by atoms with Crippen LogP contribution in [0, 0.1) is 17.5 Å². The Bertz CT molecular complexity index is 1490. The van der Waals surface area contributed by atoms with E-state index in [1.165, 1.54) is 12.5 Å². The number of halogens is 4. The van der Waals surface area contributed by atoms with E-state index in [0.717, 1.165) is 43.2 Å². The summed E-state index contributed by atoms with van der Waals surface area (Å²) in [5, 5.41) is -0.0918. The third kappa shape index (κ3) is 4.19. The summed E-state index contributed by atoms with van der Waals surface area (Å²) in [4.78, 5) is 14.9. The molecule has 2 heterocycles. The number of benzene rings is 2. The maximum Gasteiger partial charge on any atom is 0.188 e. The number of rotatable bonds is 6. The van der Waals surface area contributed by atoms with Crippen LogP contribution < -0.4 is 0 Å². The van der Waals surface area contributed by atoms with Crippen molar-refractivity contribution in [2.24, 2.45) is 0 Å². The van der Waals surface area contributed by atoms with Gasteiger partial charge >= 0.3 is 0 Å². The highest BCUT2D eigenvalue weighted by Crippen LogP contribution is 2.43. The lowest BCUT2D eigenvalue weighted by Gasteiger charge is -2.12. The van der Waals surface area contributed by atoms with Crippen LogP contribution in [0.2, 0.25) is 5.02 Å². The molecule has 1 saturated carbocycles. The van der Waals surface area contributed by atoms with E-state index < -0.39 is 37.9 Å². The van der Waals surface area contributed by atoms with Crippen molar-refractivity contribution >= 4 is 21.4 Å². The fraction of sp³-hybridized carbons (Fsp3) is 0.174. The normalized spacial score (nSPS) is 13.9. The quantitative estimate of drug-likeness (QED) is 0.377. The SMILES string of the molecule is O=S(=O)(Cc1cc(F)cc(-c2nc(C3CC3)[nH]c2-c2ccncn2)c1Cl)c1c(F)cccc1F. The predicted molar refractivity (Wildman–Crippen MR) is 119 cm³/mol. The molecule has 0 spiro atoms. The van der Waals surface area contributed by atoms with Gasteiger partial charge in [0.05, 0.1) is 27.9 Å². The number of H-pyrrole nitrogens is 1. The average Bonchev–Trinajstić information content (AvgIpc) is 3.55. The van der Waals surface area contributed by atoms with Crippen LogP contribution in [-0.2, 0) is 15.6 Å². The van der Waals surface area contributed by atoms with Crippen molar-refractivity contribution < 1.29 is 21.6 Å². The van der Waals surface area contributed by atoms with Gasteiger partial charge in [-0.05, 0) is 48.7 Å². The second kappa shape index (κ2) is 8.52. The Morgan fingerprint density at radius 3 is 2.47 bits per heavy atom. The molecule has 0 amide bonds. The van der Waals surface area contributed by atoms with Crippen LogP contribution in [0.15, 0.2) is 53.8 Å². The van der Waals surface area contributed by atoms with Gasteiger partial charge in [-0.3, -0.25) is 0 Å². The number of nitrogens with one attached hydrogen (secondary N) is 1. The van der Waals surface area contributed by atoms with Gasteiger partial charge in [0.25, 0.3) is 0 Å². The summed E-state index contributed by atoms with van der Waals surface area (Å²) in [6.45, 7) is 0. The molecule has 6 nitrogen and oxygen atoms in total. The number of aromatic nitrogens is 4. The Morgan fingerprint density at radius 1 is 1.09 bits per heavy atom. The number of hydrogen-bond acceptors (Lipinski definition) is 5. The van der Waals surface area contributed by atoms with Gasteiger partial charge in [0.1, 0.15) is 34.5 Å². The summed E-state index contributed by atoms with van der Waals surface area (Å²) >= 11 is 6.55. The zero-order chi connectivity index (χ0) is 24.0. The molecule has 1 aliphatic rings. The zero-order valence-electron chi connectivity index (χ0n) is 17.4. The third-order valence-electron chi connectivity index (χ3n) is 5.47. The molecule has 2 aromatic heterocycles. The second-order valence-electron chi connectivity index (χ2n) is 7.95. The molecule has 1 N–H and O–H groups in total. The first-order valence-corrected chi connectivity index (χ1v) is 12.3. The first-order chi connectivity index (χ1) is 16.2. The van der Waals surface area contributed by atoms with Crippen LogP contribution in [-0.4, -0.2) is 28.4 Å². The Labute approximate surface area is 197 Å². The molecule has 0 unspecified atom stereocenters. The Kier molecular flexibility index (Phi) is 5.65. The number of imidazole rings is 1. The van der Waals surface area contributed by atoms with Crippen molar-refractivity contribution in [3.8, 4) is 22.6 Å². The first-order valence-electron chi connectivity index (χ1n) is 10.3. The Balaban J connectivity index is 1.63. The number of aromatic amines is 1. The van der Waals surface area contributed by atoms with Gasteiger partial charge in [-0.25, -0.2) is 36.5 Å². The maximum atomic E-state index is 14.7. The molecule has 11 heteroatoms. The number of sulfone groups is 1. The molecule has 1 aliphatic carbocycles. The van der Waals surface area contributed by atoms with Crippen molar-refractivity contribution in [3.63, 3.8) is 0 Å². The van der Waals surface area contributed by atoms with Crippen molar-refractivity contribution in [1.82, 2.24) is 19.9 Å². The molecule has 174 valence electrons. The van der Waals surface area contributed by atoms with Gasteiger partial charge in [0.2, 0.25) is 0 Å². The lowest BCUT2D eigenvalue weighted by molar-refractivity contribution is 0.519. The molecule has 0 bridgehead atoms. The lowest BCUT2D eigenvalue weighted by Crippen LogP contribution is -2.10. The first kappa shape index (κ1) is 22.5. The standard InChI is InChI=1S/C23H16ClF3N4O2S/c24-19-13(10-34(32,33)22-16(26)2-1-3-17(22)27)8-14(25)9-15(19)20-21(18-6-7-28-11-29-18)31-23(30-20)12-4-5-12/h1-3,6-9,11-12H,4-5,10H2,(H,30,31). The van der Waals surface area contributed by atoms with Crippen molar-refractivity contribution in [3.05, 3.63) is 82.8 Å². The fourth-order valence-corrected chi connectivity index (χ4v) is 5.60. The molecule has 0 saturated heterocycles. The minimum atomic E-state index is -4.52. The number of hydrogen-bond donors (Lipinski definition) is 1. The molecule has 4 aromatic rings. The molecule has 0 atom stereocenters. The van der Waals surface area contributed by atoms with Gasteiger partial charge < -0.3 is 4.98 Å². The average molecular weight is 505 g/mol. The van der Waals surface area contributed by atoms with E-state index in [0.29, 0.717) is 22.9 Å². The summed E-state index contributed by atoms with van der Waals surface area (Å²) in [6.07, 6.45) is 4.79. The van der Waals surface area contributed by atoms with E-state index in [9.17, 15) is 21.6 Å². The largest absolute Gasteiger partial charge is 0.340 e. The highest BCUT2D eigenvalue weighted by Gasteiger charge is 2.31. The van der Waals surface area contributed by atoms with Crippen LogP contribution in [0.25, 0.3) is 22.6 Å². The smallest absolute Gasteiger partial charge is 0.188 e. The van der Waals surface area contributed by atoms with E-state index in [2.05, 4.69) is 19.9 Å². The van der Waals surface area contributed by atoms with E-state index in [4.69, 9.17) is 11.6 Å². The monoisotopic (exact) mass is 504 g/mol. The summed E-state index contributed by atoms with van der Waals surface area (Å²) < 4.78 is 68.7. The highest BCUT2D eigenvalue weighted by molar-refractivity contribution is 7.90. The van der Waals surface area contributed by atoms with E-state index in [1.54, 1.807) is 6.07 Å². The van der Waals surface area contributed by atoms with Crippen molar-refractivity contribution in [2.45, 2.75) is 29.4 Å². The molecular formula is C23H16ClF3N4O2S. The second-order valence-corrected chi connectivity index (χ2v) is 10.3. The topological polar surface area (TPSA) is 88.6 Å². The van der Waals surface area contributed by atoms with Crippen LogP contribution in [0.1, 0.15) is 30.1 Å². The maximum absolute atomic E-state index is 14.7. The fourth-order valence-electron chi connectivity index (χ4n) is 3.74. The van der Waals surface area contributed by atoms with Gasteiger partial charge in [-0.15, -0.1) is 0 Å². The summed E-state index contributed by atoms with van der Waals surface area (Å²) in [7, 11) is -4.52. The molecule has 5 rings (SSSR count). The molecule has 0 aliphatic heterocycles. The summed E-state index contributed by atoms with van der Waals surface area (Å²) in [5.41, 5.74) is 1.25. The van der Waals surface area contributed by atoms with Crippen LogP contribution in [0.3, 0.4) is 0 Å². The van der Waals surface area contributed by atoms with Crippen LogP contribution >= 0.6 is 11.6 Å². The molecule has 1 fully saturated rings. The van der Waals surface area contributed by atoms with Gasteiger partial charge in [-0.1, -0.05) is 17.7 Å². The Morgan fingerprint density at radius 2 is 1.82 bits per heavy atom. The van der Waals surface area contributed by atoms with Crippen LogP contribution in [0.4, 0.5) is 13.2 Å². The molecule has 34 heavy (non-hydrogen) atoms. The summed E-state index contributed by atoms with van der Waals surface area (Å²) in [6, 6.07) is 6.45. The van der Waals surface area contributed by atoms with Gasteiger partial charge in [0.15, 0.2) is 9.84 Å². The molecule has 0 radical (unpaired) electrons. The minimum Gasteiger partial charge on any atom is -0.340 e. The molecular weight excluding hydrogens is 489 g/mol. The van der Waals surface area contributed by atoms with E-state index in [-0.39, 0.29) is 22.1 Å². The minimum absolute atomic E-state index is 0.0918.